The van der Waals surface area contributed by atoms with Gasteiger partial charge in [0, 0.05) is 6.42 Å². The second kappa shape index (κ2) is 6.80. The summed E-state index contributed by atoms with van der Waals surface area (Å²) in [5.41, 5.74) is 4.61. The Bertz CT molecular complexity index is 552. The van der Waals surface area contributed by atoms with Crippen LogP contribution in [0.3, 0.4) is 0 Å². The Hall–Kier alpha value is -2.22. The van der Waals surface area contributed by atoms with Crippen molar-refractivity contribution in [1.82, 2.24) is 10.3 Å². The molecule has 0 aliphatic rings. The normalized spacial score (nSPS) is 11.7. The molecule has 0 aliphatic heterocycles. The van der Waals surface area contributed by atoms with Gasteiger partial charge in [0.2, 0.25) is 5.91 Å². The number of nitrogens with one attached hydrogen (secondary N) is 1. The maximum Gasteiger partial charge on any atom is 0.326 e. The summed E-state index contributed by atoms with van der Waals surface area (Å²) in [4.78, 5) is 36.8. The SMILES string of the molecule is NC(=O)CC[C@H](NC(=O)c1cc(F)cnc1Cl)C(=O)O. The number of rotatable bonds is 6. The van der Waals surface area contributed by atoms with Crippen LogP contribution in [0.15, 0.2) is 12.3 Å². The summed E-state index contributed by atoms with van der Waals surface area (Å²) < 4.78 is 13.0. The number of hydrogen-bond donors (Lipinski definition) is 3. The average molecular weight is 304 g/mol. The van der Waals surface area contributed by atoms with Crippen molar-refractivity contribution in [2.24, 2.45) is 5.73 Å². The number of primary amides is 1. The Morgan fingerprint density at radius 3 is 2.70 bits per heavy atom. The van der Waals surface area contributed by atoms with Crippen molar-refractivity contribution in [3.63, 3.8) is 0 Å². The summed E-state index contributed by atoms with van der Waals surface area (Å²) in [5.74, 6) is -3.74. The van der Waals surface area contributed by atoms with E-state index in [1.807, 2.05) is 0 Å². The first-order valence-electron chi connectivity index (χ1n) is 5.44. The van der Waals surface area contributed by atoms with E-state index in [0.29, 0.717) is 0 Å². The standard InChI is InChI=1S/C11H11ClFN3O4/c12-9-6(3-5(13)4-15-9)10(18)16-7(11(19)20)1-2-8(14)17/h3-4,7H,1-2H2,(H2,14,17)(H,16,18)(H,19,20)/t7-/m0/s1. The molecule has 7 nitrogen and oxygen atoms in total. The molecule has 0 aliphatic carbocycles. The Kier molecular flexibility index (Phi) is 5.39. The number of nitrogens with two attached hydrogens (primary N) is 1. The lowest BCUT2D eigenvalue weighted by molar-refractivity contribution is -0.139. The number of carbonyl (C=O) groups is 3. The van der Waals surface area contributed by atoms with Crippen molar-refractivity contribution in [3.8, 4) is 0 Å². The quantitative estimate of drug-likeness (QED) is 0.653. The number of nitrogens with zero attached hydrogens (tertiary/aromatic N) is 1. The molecular formula is C11H11ClFN3O4. The molecule has 1 aromatic heterocycles. The van der Waals surface area contributed by atoms with Crippen LogP contribution in [0.5, 0.6) is 0 Å². The second-order valence-electron chi connectivity index (χ2n) is 3.86. The molecule has 0 saturated carbocycles. The summed E-state index contributed by atoms with van der Waals surface area (Å²) in [5, 5.41) is 10.8. The summed E-state index contributed by atoms with van der Waals surface area (Å²) in [6.07, 6.45) is 0.421. The Morgan fingerprint density at radius 1 is 1.50 bits per heavy atom. The van der Waals surface area contributed by atoms with Gasteiger partial charge in [-0.2, -0.15) is 0 Å². The van der Waals surface area contributed by atoms with E-state index in [4.69, 9.17) is 22.4 Å². The summed E-state index contributed by atoms with van der Waals surface area (Å²) in [7, 11) is 0. The minimum atomic E-state index is -1.35. The summed E-state index contributed by atoms with van der Waals surface area (Å²) in [6.45, 7) is 0. The molecule has 2 amide bonds. The summed E-state index contributed by atoms with van der Waals surface area (Å²) >= 11 is 5.62. The summed E-state index contributed by atoms with van der Waals surface area (Å²) in [6, 6.07) is -0.508. The van der Waals surface area contributed by atoms with Crippen LogP contribution in [0.25, 0.3) is 0 Å². The maximum absolute atomic E-state index is 13.0. The third-order valence-electron chi connectivity index (χ3n) is 2.33. The van der Waals surface area contributed by atoms with Crippen LogP contribution in [0.2, 0.25) is 5.15 Å². The molecule has 1 aromatic rings. The molecule has 1 heterocycles. The molecule has 0 unspecified atom stereocenters. The van der Waals surface area contributed by atoms with Crippen molar-refractivity contribution in [3.05, 3.63) is 28.8 Å². The number of carbonyl (C=O) groups excluding carboxylic acids is 2. The fourth-order valence-corrected chi connectivity index (χ4v) is 1.55. The average Bonchev–Trinajstić information content (AvgIpc) is 2.36. The van der Waals surface area contributed by atoms with E-state index in [0.717, 1.165) is 12.3 Å². The number of aromatic nitrogens is 1. The lowest BCUT2D eigenvalue weighted by Gasteiger charge is -2.14. The first-order valence-corrected chi connectivity index (χ1v) is 5.82. The Balaban J connectivity index is 2.82. The van der Waals surface area contributed by atoms with Crippen molar-refractivity contribution >= 4 is 29.4 Å². The number of pyridine rings is 1. The number of halogens is 2. The number of carboxylic acid groups (broad SMARTS) is 1. The molecule has 0 aromatic carbocycles. The predicted molar refractivity (Wildman–Crippen MR) is 66.5 cm³/mol. The van der Waals surface area contributed by atoms with Crippen LogP contribution in [0.4, 0.5) is 4.39 Å². The van der Waals surface area contributed by atoms with Crippen LogP contribution < -0.4 is 11.1 Å². The minimum Gasteiger partial charge on any atom is -0.480 e. The van der Waals surface area contributed by atoms with Gasteiger partial charge >= 0.3 is 5.97 Å². The smallest absolute Gasteiger partial charge is 0.326 e. The highest BCUT2D eigenvalue weighted by molar-refractivity contribution is 6.32. The molecular weight excluding hydrogens is 293 g/mol. The van der Waals surface area contributed by atoms with Crippen LogP contribution in [-0.4, -0.2) is 33.9 Å². The van der Waals surface area contributed by atoms with Crippen molar-refractivity contribution in [1.29, 1.82) is 0 Å². The molecule has 4 N–H and O–H groups in total. The predicted octanol–water partition coefficient (Wildman–Crippen LogP) is 0.323. The minimum absolute atomic E-state index is 0.184. The van der Waals surface area contributed by atoms with E-state index in [1.54, 1.807) is 0 Å². The molecule has 108 valence electrons. The number of aliphatic carboxylic acids is 1. The largest absolute Gasteiger partial charge is 0.480 e. The van der Waals surface area contributed by atoms with E-state index in [2.05, 4.69) is 10.3 Å². The fraction of sp³-hybridized carbons (Fsp3) is 0.273. The van der Waals surface area contributed by atoms with E-state index in [1.165, 1.54) is 0 Å². The molecule has 20 heavy (non-hydrogen) atoms. The van der Waals surface area contributed by atoms with Gasteiger partial charge < -0.3 is 16.2 Å². The van der Waals surface area contributed by atoms with Crippen molar-refractivity contribution < 1.29 is 23.9 Å². The van der Waals surface area contributed by atoms with Gasteiger partial charge in [-0.15, -0.1) is 0 Å². The monoisotopic (exact) mass is 303 g/mol. The zero-order valence-electron chi connectivity index (χ0n) is 10.1. The van der Waals surface area contributed by atoms with Gasteiger partial charge in [-0.25, -0.2) is 14.2 Å². The Morgan fingerprint density at radius 2 is 2.15 bits per heavy atom. The molecule has 0 spiro atoms. The van der Waals surface area contributed by atoms with Gasteiger partial charge in [-0.1, -0.05) is 11.6 Å². The van der Waals surface area contributed by atoms with E-state index >= 15 is 0 Å². The molecule has 1 rings (SSSR count). The fourth-order valence-electron chi connectivity index (χ4n) is 1.36. The molecule has 0 radical (unpaired) electrons. The highest BCUT2D eigenvalue weighted by Crippen LogP contribution is 2.14. The van der Waals surface area contributed by atoms with Crippen LogP contribution in [0, 0.1) is 5.82 Å². The molecule has 0 saturated heterocycles. The van der Waals surface area contributed by atoms with E-state index in [-0.39, 0.29) is 23.6 Å². The number of hydrogen-bond acceptors (Lipinski definition) is 4. The maximum atomic E-state index is 13.0. The zero-order valence-corrected chi connectivity index (χ0v) is 10.9. The first kappa shape index (κ1) is 15.8. The third kappa shape index (κ3) is 4.47. The van der Waals surface area contributed by atoms with Gasteiger partial charge in [0.1, 0.15) is 17.0 Å². The topological polar surface area (TPSA) is 122 Å². The zero-order chi connectivity index (χ0) is 15.3. The van der Waals surface area contributed by atoms with Crippen LogP contribution in [-0.2, 0) is 9.59 Å². The van der Waals surface area contributed by atoms with Gasteiger partial charge in [0.15, 0.2) is 0 Å². The first-order chi connectivity index (χ1) is 9.31. The molecule has 9 heteroatoms. The number of carboxylic acids is 1. The Labute approximate surface area is 117 Å². The van der Waals surface area contributed by atoms with Gasteiger partial charge in [-0.3, -0.25) is 9.59 Å². The highest BCUT2D eigenvalue weighted by atomic mass is 35.5. The second-order valence-corrected chi connectivity index (χ2v) is 4.22. The van der Waals surface area contributed by atoms with Crippen LogP contribution in [0.1, 0.15) is 23.2 Å². The van der Waals surface area contributed by atoms with E-state index in [9.17, 15) is 18.8 Å². The van der Waals surface area contributed by atoms with Crippen LogP contribution >= 0.6 is 11.6 Å². The molecule has 0 bridgehead atoms. The van der Waals surface area contributed by atoms with Crippen molar-refractivity contribution in [2.45, 2.75) is 18.9 Å². The molecule has 0 fully saturated rings. The van der Waals surface area contributed by atoms with Gasteiger partial charge in [0.05, 0.1) is 11.8 Å². The van der Waals surface area contributed by atoms with Gasteiger partial charge in [0.25, 0.3) is 5.91 Å². The highest BCUT2D eigenvalue weighted by Gasteiger charge is 2.23. The lowest BCUT2D eigenvalue weighted by Crippen LogP contribution is -2.41. The third-order valence-corrected chi connectivity index (χ3v) is 2.63. The number of amides is 2. The van der Waals surface area contributed by atoms with E-state index < -0.39 is 29.6 Å². The molecule has 1 atom stereocenters. The van der Waals surface area contributed by atoms with Crippen molar-refractivity contribution in [2.75, 3.05) is 0 Å². The van der Waals surface area contributed by atoms with Gasteiger partial charge in [-0.05, 0) is 12.5 Å². The lowest BCUT2D eigenvalue weighted by atomic mass is 10.1.